The van der Waals surface area contributed by atoms with Crippen molar-refractivity contribution >= 4 is 17.4 Å². The molecule has 2 aromatic rings. The van der Waals surface area contributed by atoms with Crippen LogP contribution in [-0.4, -0.2) is 24.0 Å². The number of rotatable bonds is 3. The van der Waals surface area contributed by atoms with E-state index in [1.54, 1.807) is 17.1 Å². The van der Waals surface area contributed by atoms with Gasteiger partial charge in [0.05, 0.1) is 12.5 Å². The Labute approximate surface area is 158 Å². The molecule has 1 amide bonds. The monoisotopic (exact) mass is 359 g/mol. The van der Waals surface area contributed by atoms with Crippen LogP contribution in [0.5, 0.6) is 0 Å². The van der Waals surface area contributed by atoms with Crippen LogP contribution in [0.2, 0.25) is 0 Å². The maximum Gasteiger partial charge on any atom is 0.235 e. The molecule has 1 unspecified atom stereocenters. The van der Waals surface area contributed by atoms with Crippen molar-refractivity contribution in [2.75, 3.05) is 11.5 Å². The molecule has 0 radical (unpaired) electrons. The first-order chi connectivity index (χ1) is 13.1. The zero-order valence-corrected chi connectivity index (χ0v) is 15.2. The molecule has 4 rings (SSSR count). The third-order valence-electron chi connectivity index (χ3n) is 5.02. The predicted octanol–water partition coefficient (Wildman–Crippen LogP) is 3.61. The molecule has 1 atom stereocenters. The van der Waals surface area contributed by atoms with E-state index in [1.807, 2.05) is 37.3 Å². The van der Waals surface area contributed by atoms with E-state index in [0.29, 0.717) is 13.0 Å². The average molecular weight is 359 g/mol. The van der Waals surface area contributed by atoms with E-state index < -0.39 is 5.72 Å². The Morgan fingerprint density at radius 3 is 2.33 bits per heavy atom. The fourth-order valence-electron chi connectivity index (χ4n) is 3.55. The number of ether oxygens (including phenoxy) is 1. The molecule has 1 heterocycles. The molecule has 1 spiro atoms. The van der Waals surface area contributed by atoms with E-state index in [1.165, 1.54) is 17.7 Å². The first kappa shape index (κ1) is 17.4. The first-order valence-corrected chi connectivity index (χ1v) is 9.08. The van der Waals surface area contributed by atoms with Gasteiger partial charge in [-0.3, -0.25) is 14.5 Å². The van der Waals surface area contributed by atoms with E-state index in [0.717, 1.165) is 11.3 Å². The van der Waals surface area contributed by atoms with Crippen LogP contribution in [0.3, 0.4) is 0 Å². The summed E-state index contributed by atoms with van der Waals surface area (Å²) in [7, 11) is 0. The predicted molar refractivity (Wildman–Crippen MR) is 104 cm³/mol. The van der Waals surface area contributed by atoms with Gasteiger partial charge in [-0.2, -0.15) is 0 Å². The SMILES string of the molecule is Cc1ccc(CC2COC3(C=CC(=O)C=C3)N(c3ccccc3)C2=O)cc1. The van der Waals surface area contributed by atoms with Crippen LogP contribution in [-0.2, 0) is 20.7 Å². The summed E-state index contributed by atoms with van der Waals surface area (Å²) < 4.78 is 6.18. The molecule has 1 aliphatic carbocycles. The Hall–Kier alpha value is -2.98. The number of carbonyl (C=O) groups excluding carboxylic acids is 2. The minimum absolute atomic E-state index is 0.00308. The number of amides is 1. The molecule has 4 nitrogen and oxygen atoms in total. The van der Waals surface area contributed by atoms with Crippen molar-refractivity contribution in [2.24, 2.45) is 5.92 Å². The van der Waals surface area contributed by atoms with Gasteiger partial charge in [0.2, 0.25) is 5.91 Å². The second-order valence-electron chi connectivity index (χ2n) is 7.03. The summed E-state index contributed by atoms with van der Waals surface area (Å²) in [6.07, 6.45) is 6.88. The molecule has 27 heavy (non-hydrogen) atoms. The fraction of sp³-hybridized carbons (Fsp3) is 0.217. The number of benzene rings is 2. The van der Waals surface area contributed by atoms with Crippen LogP contribution in [0, 0.1) is 12.8 Å². The summed E-state index contributed by atoms with van der Waals surface area (Å²) in [6, 6.07) is 17.7. The average Bonchev–Trinajstić information content (AvgIpc) is 2.69. The van der Waals surface area contributed by atoms with E-state index in [9.17, 15) is 9.59 Å². The Morgan fingerprint density at radius 2 is 1.67 bits per heavy atom. The Balaban J connectivity index is 1.68. The topological polar surface area (TPSA) is 46.6 Å². The third-order valence-corrected chi connectivity index (χ3v) is 5.02. The number of carbonyl (C=O) groups is 2. The lowest BCUT2D eigenvalue weighted by Gasteiger charge is -2.46. The van der Waals surface area contributed by atoms with Gasteiger partial charge in [-0.1, -0.05) is 48.0 Å². The lowest BCUT2D eigenvalue weighted by atomic mass is 9.92. The van der Waals surface area contributed by atoms with Crippen molar-refractivity contribution in [1.82, 2.24) is 0 Å². The molecule has 0 bridgehead atoms. The molecule has 1 saturated heterocycles. The van der Waals surface area contributed by atoms with Crippen LogP contribution in [0.25, 0.3) is 0 Å². The highest BCUT2D eigenvalue weighted by Crippen LogP contribution is 2.36. The van der Waals surface area contributed by atoms with Crippen LogP contribution >= 0.6 is 0 Å². The minimum atomic E-state index is -1.05. The maximum absolute atomic E-state index is 13.4. The minimum Gasteiger partial charge on any atom is -0.347 e. The quantitative estimate of drug-likeness (QED) is 0.841. The van der Waals surface area contributed by atoms with Crippen molar-refractivity contribution in [3.05, 3.63) is 90.0 Å². The third kappa shape index (κ3) is 3.36. The number of hydrogen-bond donors (Lipinski definition) is 0. The second kappa shape index (κ2) is 6.97. The molecular weight excluding hydrogens is 338 g/mol. The molecule has 4 heteroatoms. The summed E-state index contributed by atoms with van der Waals surface area (Å²) in [6.45, 7) is 2.35. The Morgan fingerprint density at radius 1 is 1.00 bits per heavy atom. The molecule has 1 fully saturated rings. The summed E-state index contributed by atoms with van der Waals surface area (Å²) in [5.74, 6) is -0.388. The van der Waals surface area contributed by atoms with Crippen LogP contribution in [0.15, 0.2) is 78.9 Å². The Bertz CT molecular complexity index is 896. The van der Waals surface area contributed by atoms with Crippen molar-refractivity contribution in [3.63, 3.8) is 0 Å². The van der Waals surface area contributed by atoms with Crippen molar-refractivity contribution in [3.8, 4) is 0 Å². The Kier molecular flexibility index (Phi) is 4.50. The largest absolute Gasteiger partial charge is 0.347 e. The zero-order chi connectivity index (χ0) is 18.9. The van der Waals surface area contributed by atoms with Gasteiger partial charge in [-0.05, 0) is 55.3 Å². The van der Waals surface area contributed by atoms with Gasteiger partial charge in [0.1, 0.15) is 0 Å². The van der Waals surface area contributed by atoms with Crippen molar-refractivity contribution in [1.29, 1.82) is 0 Å². The second-order valence-corrected chi connectivity index (χ2v) is 7.03. The van der Waals surface area contributed by atoms with E-state index in [-0.39, 0.29) is 17.6 Å². The maximum atomic E-state index is 13.4. The van der Waals surface area contributed by atoms with Gasteiger partial charge in [-0.25, -0.2) is 0 Å². The van der Waals surface area contributed by atoms with Crippen LogP contribution < -0.4 is 4.90 Å². The number of anilines is 1. The zero-order valence-electron chi connectivity index (χ0n) is 15.2. The molecular formula is C23H21NO3. The highest BCUT2D eigenvalue weighted by atomic mass is 16.5. The smallest absolute Gasteiger partial charge is 0.235 e. The fourth-order valence-corrected chi connectivity index (χ4v) is 3.55. The number of hydrogen-bond acceptors (Lipinski definition) is 3. The molecule has 1 aliphatic heterocycles. The molecule has 0 N–H and O–H groups in total. The number of allylic oxidation sites excluding steroid dienone is 2. The van der Waals surface area contributed by atoms with Gasteiger partial charge in [-0.15, -0.1) is 0 Å². The number of nitrogens with zero attached hydrogens (tertiary/aromatic N) is 1. The molecule has 0 aromatic heterocycles. The standard InChI is InChI=1S/C23H21NO3/c1-17-7-9-18(10-8-17)15-19-16-27-23(13-11-21(25)12-14-23)24(22(19)26)20-5-3-2-4-6-20/h2-14,19H,15-16H2,1H3. The van der Waals surface area contributed by atoms with Crippen molar-refractivity contribution in [2.45, 2.75) is 19.1 Å². The number of ketones is 1. The van der Waals surface area contributed by atoms with Gasteiger partial charge in [0.15, 0.2) is 11.5 Å². The van der Waals surface area contributed by atoms with Gasteiger partial charge < -0.3 is 4.74 Å². The van der Waals surface area contributed by atoms with Crippen LogP contribution in [0.4, 0.5) is 5.69 Å². The molecule has 2 aromatic carbocycles. The van der Waals surface area contributed by atoms with E-state index in [2.05, 4.69) is 24.3 Å². The van der Waals surface area contributed by atoms with Gasteiger partial charge in [0, 0.05) is 5.69 Å². The van der Waals surface area contributed by atoms with E-state index in [4.69, 9.17) is 4.74 Å². The molecule has 0 saturated carbocycles. The summed E-state index contributed by atoms with van der Waals surface area (Å²) in [4.78, 5) is 26.7. The lowest BCUT2D eigenvalue weighted by molar-refractivity contribution is -0.138. The lowest BCUT2D eigenvalue weighted by Crippen LogP contribution is -2.60. The highest BCUT2D eigenvalue weighted by Gasteiger charge is 2.46. The summed E-state index contributed by atoms with van der Waals surface area (Å²) in [5.41, 5.74) is 2.00. The number of para-hydroxylation sites is 1. The summed E-state index contributed by atoms with van der Waals surface area (Å²) in [5, 5.41) is 0. The number of aryl methyl sites for hydroxylation is 1. The van der Waals surface area contributed by atoms with E-state index >= 15 is 0 Å². The van der Waals surface area contributed by atoms with Gasteiger partial charge >= 0.3 is 0 Å². The normalized spacial score (nSPS) is 21.1. The first-order valence-electron chi connectivity index (χ1n) is 9.08. The highest BCUT2D eigenvalue weighted by molar-refractivity contribution is 6.03. The molecule has 2 aliphatic rings. The van der Waals surface area contributed by atoms with Crippen molar-refractivity contribution < 1.29 is 14.3 Å². The molecule has 136 valence electrons. The van der Waals surface area contributed by atoms with Gasteiger partial charge in [0.25, 0.3) is 0 Å². The van der Waals surface area contributed by atoms with Crippen LogP contribution in [0.1, 0.15) is 11.1 Å². The summed E-state index contributed by atoms with van der Waals surface area (Å²) >= 11 is 0.